The highest BCUT2D eigenvalue weighted by Crippen LogP contribution is 2.05. The fraction of sp³-hybridized carbons (Fsp3) is 0.167. The van der Waals surface area contributed by atoms with E-state index in [0.717, 1.165) is 0 Å². The molecule has 76 valence electrons. The SMILES string of the molecule is NN=NCc1cccc(S(N)(=O)=O)n1. The Morgan fingerprint density at radius 1 is 1.43 bits per heavy atom. The minimum absolute atomic E-state index is 0.125. The van der Waals surface area contributed by atoms with Crippen LogP contribution >= 0.6 is 0 Å². The largest absolute Gasteiger partial charge is 0.305 e. The van der Waals surface area contributed by atoms with Crippen molar-refractivity contribution >= 4 is 10.0 Å². The number of nitrogens with two attached hydrogens (primary N) is 2. The molecule has 4 N–H and O–H groups in total. The Kier molecular flexibility index (Phi) is 3.10. The summed E-state index contributed by atoms with van der Waals surface area (Å²) in [5.41, 5.74) is 0.436. The monoisotopic (exact) mass is 215 g/mol. The van der Waals surface area contributed by atoms with Crippen LogP contribution in [0, 0.1) is 0 Å². The van der Waals surface area contributed by atoms with Gasteiger partial charge in [0.05, 0.1) is 5.69 Å². The molecule has 0 aliphatic rings. The maximum absolute atomic E-state index is 10.9. The van der Waals surface area contributed by atoms with Crippen molar-refractivity contribution in [3.05, 3.63) is 23.9 Å². The highest BCUT2D eigenvalue weighted by Gasteiger charge is 2.09. The van der Waals surface area contributed by atoms with Crippen LogP contribution < -0.4 is 11.0 Å². The van der Waals surface area contributed by atoms with Gasteiger partial charge >= 0.3 is 0 Å². The van der Waals surface area contributed by atoms with Gasteiger partial charge in [0.1, 0.15) is 6.54 Å². The van der Waals surface area contributed by atoms with E-state index in [2.05, 4.69) is 15.3 Å². The molecule has 1 heterocycles. The lowest BCUT2D eigenvalue weighted by atomic mass is 10.4. The number of rotatable bonds is 3. The third-order valence-electron chi connectivity index (χ3n) is 1.39. The number of hydrogen-bond acceptors (Lipinski definition) is 5. The average molecular weight is 215 g/mol. The molecule has 0 radical (unpaired) electrons. The van der Waals surface area contributed by atoms with Crippen LogP contribution in [0.15, 0.2) is 33.6 Å². The van der Waals surface area contributed by atoms with Crippen molar-refractivity contribution in [2.75, 3.05) is 0 Å². The zero-order chi connectivity index (χ0) is 10.6. The van der Waals surface area contributed by atoms with Crippen LogP contribution in [-0.2, 0) is 16.6 Å². The van der Waals surface area contributed by atoms with Crippen LogP contribution in [0.25, 0.3) is 0 Å². The molecule has 0 spiro atoms. The summed E-state index contributed by atoms with van der Waals surface area (Å²) < 4.78 is 21.8. The van der Waals surface area contributed by atoms with E-state index < -0.39 is 10.0 Å². The summed E-state index contributed by atoms with van der Waals surface area (Å²) in [6.45, 7) is 0.125. The van der Waals surface area contributed by atoms with Crippen molar-refractivity contribution in [1.82, 2.24) is 4.98 Å². The van der Waals surface area contributed by atoms with Crippen LogP contribution in [0.2, 0.25) is 0 Å². The van der Waals surface area contributed by atoms with Crippen LogP contribution in [0.3, 0.4) is 0 Å². The predicted molar refractivity (Wildman–Crippen MR) is 48.4 cm³/mol. The average Bonchev–Trinajstić information content (AvgIpc) is 2.14. The first-order chi connectivity index (χ1) is 6.54. The summed E-state index contributed by atoms with van der Waals surface area (Å²) >= 11 is 0. The topological polar surface area (TPSA) is 124 Å². The van der Waals surface area contributed by atoms with Crippen molar-refractivity contribution in [3.63, 3.8) is 0 Å². The fourth-order valence-corrected chi connectivity index (χ4v) is 1.33. The first-order valence-electron chi connectivity index (χ1n) is 3.59. The number of sulfonamides is 1. The Morgan fingerprint density at radius 3 is 2.71 bits per heavy atom. The normalized spacial score (nSPS) is 12.1. The third-order valence-corrected chi connectivity index (χ3v) is 2.20. The second-order valence-electron chi connectivity index (χ2n) is 2.43. The van der Waals surface area contributed by atoms with E-state index in [1.165, 1.54) is 12.1 Å². The Morgan fingerprint density at radius 2 is 2.14 bits per heavy atom. The molecule has 0 saturated carbocycles. The molecule has 1 aromatic heterocycles. The lowest BCUT2D eigenvalue weighted by Crippen LogP contribution is -2.14. The maximum atomic E-state index is 10.9. The van der Waals surface area contributed by atoms with Crippen molar-refractivity contribution in [1.29, 1.82) is 0 Å². The van der Waals surface area contributed by atoms with E-state index in [9.17, 15) is 8.42 Å². The zero-order valence-electron chi connectivity index (χ0n) is 7.16. The lowest BCUT2D eigenvalue weighted by molar-refractivity contribution is 0.593. The molecule has 0 bridgehead atoms. The predicted octanol–water partition coefficient (Wildman–Crippen LogP) is -0.445. The molecule has 7 nitrogen and oxygen atoms in total. The Balaban J connectivity index is 3.02. The van der Waals surface area contributed by atoms with Gasteiger partial charge in [-0.1, -0.05) is 11.3 Å². The molecular weight excluding hydrogens is 206 g/mol. The summed E-state index contributed by atoms with van der Waals surface area (Å²) in [5.74, 6) is 4.79. The number of aromatic nitrogens is 1. The number of primary sulfonamides is 1. The van der Waals surface area contributed by atoms with Crippen molar-refractivity contribution in [3.8, 4) is 0 Å². The molecule has 0 aliphatic carbocycles. The van der Waals surface area contributed by atoms with Crippen LogP contribution in [0.5, 0.6) is 0 Å². The van der Waals surface area contributed by atoms with Crippen LogP contribution in [0.4, 0.5) is 0 Å². The van der Waals surface area contributed by atoms with Gasteiger partial charge in [0.25, 0.3) is 10.0 Å². The zero-order valence-corrected chi connectivity index (χ0v) is 7.98. The van der Waals surface area contributed by atoms with E-state index >= 15 is 0 Å². The summed E-state index contributed by atoms with van der Waals surface area (Å²) in [5, 5.41) is 11.2. The van der Waals surface area contributed by atoms with Crippen molar-refractivity contribution in [2.45, 2.75) is 11.6 Å². The van der Waals surface area contributed by atoms with E-state index in [-0.39, 0.29) is 11.6 Å². The molecule has 0 unspecified atom stereocenters. The second kappa shape index (κ2) is 4.11. The number of nitrogens with zero attached hydrogens (tertiary/aromatic N) is 3. The van der Waals surface area contributed by atoms with Gasteiger partial charge in [0.2, 0.25) is 0 Å². The quantitative estimate of drug-likeness (QED) is 0.402. The molecule has 1 aromatic rings. The van der Waals surface area contributed by atoms with Crippen molar-refractivity contribution < 1.29 is 8.42 Å². The highest BCUT2D eigenvalue weighted by molar-refractivity contribution is 7.89. The minimum Gasteiger partial charge on any atom is -0.305 e. The molecule has 8 heteroatoms. The van der Waals surface area contributed by atoms with Gasteiger partial charge < -0.3 is 5.84 Å². The molecule has 1 rings (SSSR count). The second-order valence-corrected chi connectivity index (χ2v) is 3.94. The summed E-state index contributed by atoms with van der Waals surface area (Å²) in [7, 11) is -3.76. The Labute approximate surface area is 80.9 Å². The smallest absolute Gasteiger partial charge is 0.255 e. The van der Waals surface area contributed by atoms with E-state index in [4.69, 9.17) is 11.0 Å². The summed E-state index contributed by atoms with van der Waals surface area (Å²) in [4.78, 5) is 3.76. The standard InChI is InChI=1S/C6H9N5O2S/c7-11-9-4-5-2-1-3-6(10-5)14(8,12)13/h1-3H,4H2,(H2,7,9)(H2,8,12,13). The Hall–Kier alpha value is -1.54. The fourth-order valence-electron chi connectivity index (χ4n) is 0.817. The van der Waals surface area contributed by atoms with Gasteiger partial charge in [-0.3, -0.25) is 0 Å². The van der Waals surface area contributed by atoms with E-state index in [0.29, 0.717) is 5.69 Å². The summed E-state index contributed by atoms with van der Waals surface area (Å²) in [6.07, 6.45) is 0. The minimum atomic E-state index is -3.76. The van der Waals surface area contributed by atoms with Gasteiger partial charge in [-0.15, -0.1) is 0 Å². The molecule has 0 aliphatic heterocycles. The molecule has 0 fully saturated rings. The van der Waals surface area contributed by atoms with Gasteiger partial charge in [-0.05, 0) is 12.1 Å². The van der Waals surface area contributed by atoms with Gasteiger partial charge in [0.15, 0.2) is 5.03 Å². The first kappa shape index (κ1) is 10.5. The molecule has 0 saturated heterocycles. The summed E-state index contributed by atoms with van der Waals surface area (Å²) in [6, 6.07) is 4.43. The van der Waals surface area contributed by atoms with Crippen LogP contribution in [-0.4, -0.2) is 13.4 Å². The number of pyridine rings is 1. The molecule has 0 amide bonds. The van der Waals surface area contributed by atoms with Crippen LogP contribution in [0.1, 0.15) is 5.69 Å². The number of hydrogen-bond donors (Lipinski definition) is 2. The Bertz CT molecular complexity index is 441. The van der Waals surface area contributed by atoms with Crippen molar-refractivity contribution in [2.24, 2.45) is 21.3 Å². The maximum Gasteiger partial charge on any atom is 0.255 e. The lowest BCUT2D eigenvalue weighted by Gasteiger charge is -1.98. The van der Waals surface area contributed by atoms with E-state index in [1.54, 1.807) is 6.07 Å². The first-order valence-corrected chi connectivity index (χ1v) is 5.14. The van der Waals surface area contributed by atoms with Gasteiger partial charge in [-0.25, -0.2) is 18.5 Å². The highest BCUT2D eigenvalue weighted by atomic mass is 32.2. The molecule has 0 atom stereocenters. The molecular formula is C6H9N5O2S. The van der Waals surface area contributed by atoms with Gasteiger partial charge in [-0.2, -0.15) is 5.11 Å². The molecule has 14 heavy (non-hydrogen) atoms. The van der Waals surface area contributed by atoms with E-state index in [1.807, 2.05) is 0 Å². The van der Waals surface area contributed by atoms with Gasteiger partial charge in [0, 0.05) is 0 Å². The molecule has 0 aromatic carbocycles. The third kappa shape index (κ3) is 2.75.